The summed E-state index contributed by atoms with van der Waals surface area (Å²) in [6.07, 6.45) is 3.68. The van der Waals surface area contributed by atoms with E-state index in [0.717, 1.165) is 29.9 Å². The van der Waals surface area contributed by atoms with Crippen LogP contribution < -0.4 is 5.32 Å². The molecule has 3 heteroatoms. The third-order valence-electron chi connectivity index (χ3n) is 4.31. The average Bonchev–Trinajstić information content (AvgIpc) is 2.75. The summed E-state index contributed by atoms with van der Waals surface area (Å²) in [6.45, 7) is 4.42. The summed E-state index contributed by atoms with van der Waals surface area (Å²) >= 11 is 0. The topological polar surface area (TPSA) is 45.2 Å². The van der Waals surface area contributed by atoms with Gasteiger partial charge in [0.25, 0.3) is 0 Å². The highest BCUT2D eigenvalue weighted by molar-refractivity contribution is 5.80. The van der Waals surface area contributed by atoms with Crippen molar-refractivity contribution in [2.24, 2.45) is 0 Å². The Labute approximate surface area is 120 Å². The van der Waals surface area contributed by atoms with Crippen molar-refractivity contribution in [1.29, 1.82) is 0 Å². The van der Waals surface area contributed by atoms with Gasteiger partial charge in [0.05, 0.1) is 12.1 Å². The molecule has 0 saturated carbocycles. The number of nitrogens with one attached hydrogen (secondary N) is 1. The summed E-state index contributed by atoms with van der Waals surface area (Å²) in [5, 5.41) is 13.9. The molecule has 0 spiro atoms. The van der Waals surface area contributed by atoms with Gasteiger partial charge in [0.15, 0.2) is 0 Å². The van der Waals surface area contributed by atoms with Gasteiger partial charge in [-0.2, -0.15) is 0 Å². The zero-order chi connectivity index (χ0) is 13.9. The molecule has 1 aromatic heterocycles. The van der Waals surface area contributed by atoms with Crippen LogP contribution in [0.4, 0.5) is 0 Å². The van der Waals surface area contributed by atoms with Gasteiger partial charge in [0.2, 0.25) is 0 Å². The normalized spacial score (nSPS) is 20.0. The molecule has 0 aliphatic carbocycles. The Balaban J connectivity index is 2.00. The number of nitrogens with zero attached hydrogens (tertiary/aromatic N) is 1. The summed E-state index contributed by atoms with van der Waals surface area (Å²) in [7, 11) is 0. The molecule has 2 heterocycles. The number of pyridine rings is 1. The van der Waals surface area contributed by atoms with Crippen LogP contribution in [0.5, 0.6) is 0 Å². The van der Waals surface area contributed by atoms with Gasteiger partial charge in [-0.15, -0.1) is 0 Å². The Morgan fingerprint density at radius 3 is 3.00 bits per heavy atom. The fraction of sp³-hybridized carbons (Fsp3) is 0.471. The highest BCUT2D eigenvalue weighted by atomic mass is 16.3. The second-order valence-electron chi connectivity index (χ2n) is 5.73. The Hall–Kier alpha value is -1.45. The Morgan fingerprint density at radius 2 is 2.15 bits per heavy atom. The van der Waals surface area contributed by atoms with Crippen molar-refractivity contribution in [2.75, 3.05) is 13.1 Å². The molecule has 0 radical (unpaired) electrons. The van der Waals surface area contributed by atoms with Crippen molar-refractivity contribution in [1.82, 2.24) is 10.3 Å². The molecule has 1 aromatic carbocycles. The minimum absolute atomic E-state index is 0.0761. The van der Waals surface area contributed by atoms with E-state index in [1.54, 1.807) is 0 Å². The number of aromatic nitrogens is 1. The lowest BCUT2D eigenvalue weighted by Crippen LogP contribution is -2.14. The molecule has 3 nitrogen and oxygen atoms in total. The minimum Gasteiger partial charge on any atom is -0.392 e. The van der Waals surface area contributed by atoms with Crippen molar-refractivity contribution in [3.05, 3.63) is 41.1 Å². The minimum atomic E-state index is 0.0761. The van der Waals surface area contributed by atoms with Crippen molar-refractivity contribution in [2.45, 2.75) is 38.7 Å². The second kappa shape index (κ2) is 5.90. The summed E-state index contributed by atoms with van der Waals surface area (Å²) in [5.41, 5.74) is 4.46. The van der Waals surface area contributed by atoms with E-state index in [9.17, 15) is 5.11 Å². The van der Waals surface area contributed by atoms with Crippen LogP contribution in [0, 0.1) is 6.92 Å². The maximum atomic E-state index is 9.22. The third kappa shape index (κ3) is 2.69. The van der Waals surface area contributed by atoms with E-state index in [0.29, 0.717) is 5.92 Å². The molecule has 20 heavy (non-hydrogen) atoms. The van der Waals surface area contributed by atoms with Crippen molar-refractivity contribution < 1.29 is 5.11 Å². The van der Waals surface area contributed by atoms with Gasteiger partial charge in [0, 0.05) is 11.1 Å². The van der Waals surface area contributed by atoms with E-state index in [1.807, 2.05) is 12.1 Å². The first-order chi connectivity index (χ1) is 9.78. The molecule has 1 saturated heterocycles. The molecule has 0 amide bonds. The SMILES string of the molecule is Cc1nc2cc(CO)ccc2cc1C1CCCNCC1. The number of rotatable bonds is 2. The molecule has 2 N–H and O–H groups in total. The fourth-order valence-electron chi connectivity index (χ4n) is 3.17. The molecule has 0 bridgehead atoms. The maximum Gasteiger partial charge on any atom is 0.0708 e. The second-order valence-corrected chi connectivity index (χ2v) is 5.73. The van der Waals surface area contributed by atoms with E-state index in [2.05, 4.69) is 24.4 Å². The van der Waals surface area contributed by atoms with Gasteiger partial charge in [-0.1, -0.05) is 12.1 Å². The van der Waals surface area contributed by atoms with Crippen LogP contribution in [0.3, 0.4) is 0 Å². The Kier molecular flexibility index (Phi) is 3.99. The van der Waals surface area contributed by atoms with Gasteiger partial charge >= 0.3 is 0 Å². The number of aliphatic hydroxyl groups is 1. The van der Waals surface area contributed by atoms with Gasteiger partial charge in [-0.25, -0.2) is 0 Å². The molecule has 106 valence electrons. The van der Waals surface area contributed by atoms with E-state index in [4.69, 9.17) is 4.98 Å². The van der Waals surface area contributed by atoms with Crippen molar-refractivity contribution in [3.8, 4) is 0 Å². The molecule has 1 aliphatic heterocycles. The predicted octanol–water partition coefficient (Wildman–Crippen LogP) is 2.89. The summed E-state index contributed by atoms with van der Waals surface area (Å²) in [5.74, 6) is 0.624. The number of hydrogen-bond donors (Lipinski definition) is 2. The number of aliphatic hydroxyl groups excluding tert-OH is 1. The number of fused-ring (bicyclic) bond motifs is 1. The lowest BCUT2D eigenvalue weighted by atomic mass is 9.90. The Bertz CT molecular complexity index is 601. The van der Waals surface area contributed by atoms with Crippen molar-refractivity contribution in [3.63, 3.8) is 0 Å². The molecule has 2 aromatic rings. The predicted molar refractivity (Wildman–Crippen MR) is 81.9 cm³/mol. The Morgan fingerprint density at radius 1 is 1.25 bits per heavy atom. The molecule has 1 atom stereocenters. The van der Waals surface area contributed by atoms with Gasteiger partial charge in [-0.3, -0.25) is 4.98 Å². The standard InChI is InChI=1S/C17H22N2O/c1-12-16(14-3-2-7-18-8-6-14)10-15-5-4-13(11-20)9-17(15)19-12/h4-5,9-10,14,18,20H,2-3,6-8,11H2,1H3. The van der Waals surface area contributed by atoms with E-state index in [-0.39, 0.29) is 6.61 Å². The van der Waals surface area contributed by atoms with Crippen LogP contribution >= 0.6 is 0 Å². The molecular weight excluding hydrogens is 248 g/mol. The molecule has 3 rings (SSSR count). The van der Waals surface area contributed by atoms with Crippen LogP contribution in [0.25, 0.3) is 10.9 Å². The van der Waals surface area contributed by atoms with Gasteiger partial charge in [-0.05, 0) is 68.5 Å². The molecule has 1 fully saturated rings. The number of hydrogen-bond acceptors (Lipinski definition) is 3. The summed E-state index contributed by atoms with van der Waals surface area (Å²) in [6, 6.07) is 8.35. The van der Waals surface area contributed by atoms with Crippen LogP contribution in [0.15, 0.2) is 24.3 Å². The third-order valence-corrected chi connectivity index (χ3v) is 4.31. The zero-order valence-electron chi connectivity index (χ0n) is 12.0. The highest BCUT2D eigenvalue weighted by Crippen LogP contribution is 2.30. The number of aryl methyl sites for hydroxylation is 1. The van der Waals surface area contributed by atoms with Crippen LogP contribution in [-0.4, -0.2) is 23.2 Å². The average molecular weight is 270 g/mol. The molecule has 1 aliphatic rings. The summed E-state index contributed by atoms with van der Waals surface area (Å²) < 4.78 is 0. The monoisotopic (exact) mass is 270 g/mol. The van der Waals surface area contributed by atoms with Crippen LogP contribution in [-0.2, 0) is 6.61 Å². The van der Waals surface area contributed by atoms with Crippen LogP contribution in [0.1, 0.15) is 42.0 Å². The lowest BCUT2D eigenvalue weighted by molar-refractivity contribution is 0.282. The first-order valence-electron chi connectivity index (χ1n) is 7.49. The summed E-state index contributed by atoms with van der Waals surface area (Å²) in [4.78, 5) is 4.76. The molecular formula is C17H22N2O. The van der Waals surface area contributed by atoms with Crippen molar-refractivity contribution >= 4 is 10.9 Å². The largest absolute Gasteiger partial charge is 0.392 e. The quantitative estimate of drug-likeness (QED) is 0.882. The molecule has 1 unspecified atom stereocenters. The highest BCUT2D eigenvalue weighted by Gasteiger charge is 2.17. The smallest absolute Gasteiger partial charge is 0.0708 e. The van der Waals surface area contributed by atoms with Crippen LogP contribution in [0.2, 0.25) is 0 Å². The van der Waals surface area contributed by atoms with E-state index in [1.165, 1.54) is 30.2 Å². The number of benzene rings is 1. The van der Waals surface area contributed by atoms with E-state index >= 15 is 0 Å². The first kappa shape index (κ1) is 13.5. The van der Waals surface area contributed by atoms with Gasteiger partial charge < -0.3 is 10.4 Å². The fourth-order valence-corrected chi connectivity index (χ4v) is 3.17. The zero-order valence-corrected chi connectivity index (χ0v) is 12.0. The maximum absolute atomic E-state index is 9.22. The van der Waals surface area contributed by atoms with Gasteiger partial charge in [0.1, 0.15) is 0 Å². The first-order valence-corrected chi connectivity index (χ1v) is 7.49. The van der Waals surface area contributed by atoms with E-state index < -0.39 is 0 Å². The lowest BCUT2D eigenvalue weighted by Gasteiger charge is -2.17.